The largest absolute Gasteiger partial charge is 0.455 e. The van der Waals surface area contributed by atoms with E-state index in [1.54, 1.807) is 11.8 Å². The predicted molar refractivity (Wildman–Crippen MR) is 101 cm³/mol. The first-order chi connectivity index (χ1) is 12.7. The van der Waals surface area contributed by atoms with E-state index in [1.807, 2.05) is 35.2 Å². The number of hydrogen-bond acceptors (Lipinski definition) is 5. The third-order valence-corrected chi connectivity index (χ3v) is 6.06. The minimum atomic E-state index is -0.00633. The number of thioether (sulfide) groups is 1. The van der Waals surface area contributed by atoms with Crippen molar-refractivity contribution in [1.29, 1.82) is 0 Å². The van der Waals surface area contributed by atoms with Crippen LogP contribution in [0.5, 0.6) is 0 Å². The van der Waals surface area contributed by atoms with Crippen LogP contribution in [0.15, 0.2) is 51.8 Å². The summed E-state index contributed by atoms with van der Waals surface area (Å²) >= 11 is 1.71. The Morgan fingerprint density at radius 1 is 1.12 bits per heavy atom. The summed E-state index contributed by atoms with van der Waals surface area (Å²) in [5.41, 5.74) is 0. The van der Waals surface area contributed by atoms with Gasteiger partial charge in [0.05, 0.1) is 25.0 Å². The zero-order chi connectivity index (χ0) is 17.9. The fourth-order valence-corrected chi connectivity index (χ4v) is 4.43. The molecule has 2 aromatic rings. The monoisotopic (exact) mass is 372 g/mol. The van der Waals surface area contributed by atoms with Gasteiger partial charge in [-0.1, -0.05) is 18.2 Å². The van der Waals surface area contributed by atoms with Gasteiger partial charge in [-0.25, -0.2) is 0 Å². The van der Waals surface area contributed by atoms with Crippen LogP contribution in [0, 0.1) is 5.92 Å². The molecule has 0 aliphatic carbocycles. The molecule has 4 rings (SSSR count). The molecule has 5 nitrogen and oxygen atoms in total. The number of carbonyl (C=O) groups excluding carboxylic acids is 1. The van der Waals surface area contributed by atoms with Gasteiger partial charge >= 0.3 is 0 Å². The fourth-order valence-electron chi connectivity index (χ4n) is 3.61. The van der Waals surface area contributed by atoms with Gasteiger partial charge in [-0.05, 0) is 31.3 Å². The lowest BCUT2D eigenvalue weighted by molar-refractivity contribution is 0.0414. The van der Waals surface area contributed by atoms with Crippen LogP contribution in [-0.2, 0) is 10.5 Å². The maximum atomic E-state index is 12.9. The molecular weight excluding hydrogens is 348 g/mol. The van der Waals surface area contributed by atoms with Gasteiger partial charge in [0.25, 0.3) is 5.91 Å². The third-order valence-electron chi connectivity index (χ3n) is 5.03. The Kier molecular flexibility index (Phi) is 5.33. The van der Waals surface area contributed by atoms with Crippen LogP contribution >= 0.6 is 11.8 Å². The van der Waals surface area contributed by atoms with Crippen LogP contribution in [-0.4, -0.2) is 61.6 Å². The molecular formula is C20H24N2O3S. The SMILES string of the molecule is CN1C[C@H]2COC[C@@H]1CN(C(=O)c1ccc(CSc3ccccc3)o1)C2. The van der Waals surface area contributed by atoms with E-state index in [-0.39, 0.29) is 11.9 Å². The van der Waals surface area contributed by atoms with Crippen LogP contribution in [0.3, 0.4) is 0 Å². The van der Waals surface area contributed by atoms with Crippen molar-refractivity contribution in [2.75, 3.05) is 39.9 Å². The number of benzene rings is 1. The molecule has 2 fully saturated rings. The molecule has 0 spiro atoms. The summed E-state index contributed by atoms with van der Waals surface area (Å²) in [5, 5.41) is 0. The zero-order valence-electron chi connectivity index (χ0n) is 15.0. The Balaban J connectivity index is 1.41. The summed E-state index contributed by atoms with van der Waals surface area (Å²) in [4.78, 5) is 18.4. The smallest absolute Gasteiger partial charge is 0.289 e. The maximum Gasteiger partial charge on any atom is 0.289 e. The van der Waals surface area contributed by atoms with Crippen molar-refractivity contribution in [3.8, 4) is 0 Å². The fraction of sp³-hybridized carbons (Fsp3) is 0.450. The summed E-state index contributed by atoms with van der Waals surface area (Å²) in [5.74, 6) is 2.35. The number of hydrogen-bond donors (Lipinski definition) is 0. The number of rotatable bonds is 4. The van der Waals surface area contributed by atoms with Crippen LogP contribution in [0.1, 0.15) is 16.3 Å². The van der Waals surface area contributed by atoms with E-state index in [0.717, 1.165) is 31.2 Å². The third kappa shape index (κ3) is 3.98. The molecule has 26 heavy (non-hydrogen) atoms. The average Bonchev–Trinajstić information content (AvgIpc) is 2.97. The highest BCUT2D eigenvalue weighted by molar-refractivity contribution is 7.98. The number of furan rings is 1. The number of carbonyl (C=O) groups is 1. The van der Waals surface area contributed by atoms with E-state index in [1.165, 1.54) is 4.90 Å². The van der Waals surface area contributed by atoms with E-state index in [0.29, 0.717) is 24.8 Å². The van der Waals surface area contributed by atoms with Gasteiger partial charge < -0.3 is 14.1 Å². The second kappa shape index (κ2) is 7.86. The lowest BCUT2D eigenvalue weighted by Gasteiger charge is -2.29. The summed E-state index contributed by atoms with van der Waals surface area (Å²) in [6, 6.07) is 14.2. The number of likely N-dealkylation sites (N-methyl/N-ethyl adjacent to an activating group) is 1. The lowest BCUT2D eigenvalue weighted by Crippen LogP contribution is -2.44. The molecule has 2 aliphatic rings. The highest BCUT2D eigenvalue weighted by atomic mass is 32.2. The molecule has 2 bridgehead atoms. The van der Waals surface area contributed by atoms with E-state index in [9.17, 15) is 4.79 Å². The highest BCUT2D eigenvalue weighted by Gasteiger charge is 2.34. The second-order valence-corrected chi connectivity index (χ2v) is 8.12. The summed E-state index contributed by atoms with van der Waals surface area (Å²) in [6.45, 7) is 3.82. The van der Waals surface area contributed by atoms with Gasteiger partial charge in [0.1, 0.15) is 5.76 Å². The van der Waals surface area contributed by atoms with Crippen LogP contribution < -0.4 is 0 Å². The number of amides is 1. The molecule has 1 aromatic carbocycles. The topological polar surface area (TPSA) is 45.9 Å². The summed E-state index contributed by atoms with van der Waals surface area (Å²) < 4.78 is 11.6. The molecule has 0 saturated carbocycles. The van der Waals surface area contributed by atoms with Crippen LogP contribution in [0.4, 0.5) is 0 Å². The Hall–Kier alpha value is -1.76. The molecule has 1 aromatic heterocycles. The van der Waals surface area contributed by atoms with Gasteiger partial charge in [0.15, 0.2) is 5.76 Å². The minimum Gasteiger partial charge on any atom is -0.455 e. The quantitative estimate of drug-likeness (QED) is 0.772. The molecule has 138 valence electrons. The average molecular weight is 372 g/mol. The first-order valence-electron chi connectivity index (χ1n) is 9.03. The molecule has 0 N–H and O–H groups in total. The molecule has 1 amide bonds. The Morgan fingerprint density at radius 2 is 1.96 bits per heavy atom. The summed E-state index contributed by atoms with van der Waals surface area (Å²) in [7, 11) is 2.12. The van der Waals surface area contributed by atoms with Crippen molar-refractivity contribution in [3.63, 3.8) is 0 Å². The Morgan fingerprint density at radius 3 is 2.81 bits per heavy atom. The van der Waals surface area contributed by atoms with Crippen molar-refractivity contribution in [1.82, 2.24) is 9.80 Å². The van der Waals surface area contributed by atoms with E-state index in [4.69, 9.17) is 9.15 Å². The van der Waals surface area contributed by atoms with Gasteiger partial charge in [-0.3, -0.25) is 9.69 Å². The Labute approximate surface area is 158 Å². The molecule has 0 radical (unpaired) electrons. The van der Waals surface area contributed by atoms with Gasteiger partial charge in [0.2, 0.25) is 0 Å². The maximum absolute atomic E-state index is 12.9. The zero-order valence-corrected chi connectivity index (χ0v) is 15.8. The molecule has 2 aliphatic heterocycles. The number of ether oxygens (including phenoxy) is 1. The van der Waals surface area contributed by atoms with Gasteiger partial charge in [0, 0.05) is 30.4 Å². The number of fused-ring (bicyclic) bond motifs is 3. The van der Waals surface area contributed by atoms with Crippen LogP contribution in [0.25, 0.3) is 0 Å². The van der Waals surface area contributed by atoms with Crippen LogP contribution in [0.2, 0.25) is 0 Å². The van der Waals surface area contributed by atoms with Crippen molar-refractivity contribution in [3.05, 3.63) is 54.0 Å². The highest BCUT2D eigenvalue weighted by Crippen LogP contribution is 2.25. The molecule has 2 saturated heterocycles. The van der Waals surface area contributed by atoms with Crippen molar-refractivity contribution in [2.24, 2.45) is 5.92 Å². The van der Waals surface area contributed by atoms with Crippen molar-refractivity contribution >= 4 is 17.7 Å². The van der Waals surface area contributed by atoms with Crippen molar-refractivity contribution in [2.45, 2.75) is 16.7 Å². The van der Waals surface area contributed by atoms with Gasteiger partial charge in [-0.15, -0.1) is 11.8 Å². The molecule has 3 heterocycles. The van der Waals surface area contributed by atoms with E-state index in [2.05, 4.69) is 24.1 Å². The number of nitrogens with zero attached hydrogens (tertiary/aromatic N) is 2. The van der Waals surface area contributed by atoms with E-state index < -0.39 is 0 Å². The summed E-state index contributed by atoms with van der Waals surface area (Å²) in [6.07, 6.45) is 0. The predicted octanol–water partition coefficient (Wildman–Crippen LogP) is 2.97. The van der Waals surface area contributed by atoms with Gasteiger partial charge in [-0.2, -0.15) is 0 Å². The Bertz CT molecular complexity index is 749. The lowest BCUT2D eigenvalue weighted by atomic mass is 10.1. The molecule has 6 heteroatoms. The standard InChI is InChI=1S/C20H24N2O3S/c1-21-9-15-10-22(11-16(21)13-24-12-15)20(23)19-8-7-17(25-19)14-26-18-5-3-2-4-6-18/h2-8,15-16H,9-14H2,1H3/t15-,16+/m1/s1. The second-order valence-electron chi connectivity index (χ2n) is 7.07. The first-order valence-corrected chi connectivity index (χ1v) is 10.0. The normalized spacial score (nSPS) is 23.7. The molecule has 0 unspecified atom stereocenters. The molecule has 2 atom stereocenters. The van der Waals surface area contributed by atoms with E-state index >= 15 is 0 Å². The first kappa shape index (κ1) is 17.6. The van der Waals surface area contributed by atoms with Crippen molar-refractivity contribution < 1.29 is 13.9 Å². The minimum absolute atomic E-state index is 0.00633.